The molecule has 0 aromatic carbocycles. The highest BCUT2D eigenvalue weighted by atomic mass is 15.3. The Labute approximate surface area is 111 Å². The van der Waals surface area contributed by atoms with Gasteiger partial charge in [-0.2, -0.15) is 0 Å². The Morgan fingerprint density at radius 2 is 1.89 bits per heavy atom. The number of rotatable bonds is 4. The molecule has 1 saturated heterocycles. The number of anilines is 1. The predicted molar refractivity (Wildman–Crippen MR) is 77.1 cm³/mol. The van der Waals surface area contributed by atoms with Gasteiger partial charge in [0, 0.05) is 38.9 Å². The van der Waals surface area contributed by atoms with Crippen LogP contribution in [0.5, 0.6) is 0 Å². The van der Waals surface area contributed by atoms with E-state index in [4.69, 9.17) is 0 Å². The summed E-state index contributed by atoms with van der Waals surface area (Å²) in [6.45, 7) is 12.5. The first-order chi connectivity index (χ1) is 8.69. The van der Waals surface area contributed by atoms with E-state index in [-0.39, 0.29) is 0 Å². The summed E-state index contributed by atoms with van der Waals surface area (Å²) < 4.78 is 0. The smallest absolute Gasteiger partial charge is 0.128 e. The topological polar surface area (TPSA) is 19.4 Å². The van der Waals surface area contributed by atoms with Gasteiger partial charge in [-0.15, -0.1) is 0 Å². The van der Waals surface area contributed by atoms with Gasteiger partial charge in [0.25, 0.3) is 0 Å². The monoisotopic (exact) mass is 247 g/mol. The molecule has 1 aromatic rings. The van der Waals surface area contributed by atoms with Crippen LogP contribution in [0.4, 0.5) is 5.82 Å². The number of pyridine rings is 1. The van der Waals surface area contributed by atoms with Crippen molar-refractivity contribution in [1.82, 2.24) is 9.88 Å². The predicted octanol–water partition coefficient (Wildman–Crippen LogP) is 2.42. The summed E-state index contributed by atoms with van der Waals surface area (Å²) >= 11 is 0. The Morgan fingerprint density at radius 3 is 2.39 bits per heavy atom. The summed E-state index contributed by atoms with van der Waals surface area (Å²) in [6, 6.07) is 4.36. The first-order valence-electron chi connectivity index (χ1n) is 7.11. The largest absolute Gasteiger partial charge is 0.354 e. The van der Waals surface area contributed by atoms with Gasteiger partial charge in [-0.3, -0.25) is 4.90 Å². The van der Waals surface area contributed by atoms with E-state index >= 15 is 0 Å². The van der Waals surface area contributed by atoms with Crippen molar-refractivity contribution in [3.63, 3.8) is 0 Å². The van der Waals surface area contributed by atoms with E-state index in [1.807, 2.05) is 6.20 Å². The van der Waals surface area contributed by atoms with Crippen molar-refractivity contribution in [2.45, 2.75) is 27.2 Å². The average molecular weight is 247 g/mol. The zero-order chi connectivity index (χ0) is 13.0. The molecule has 0 atom stereocenters. The van der Waals surface area contributed by atoms with Crippen molar-refractivity contribution in [3.8, 4) is 0 Å². The van der Waals surface area contributed by atoms with Crippen LogP contribution in [0.1, 0.15) is 26.3 Å². The fraction of sp³-hybridized carbons (Fsp3) is 0.667. The van der Waals surface area contributed by atoms with Gasteiger partial charge in [0.2, 0.25) is 0 Å². The third-order valence-corrected chi connectivity index (χ3v) is 3.54. The van der Waals surface area contributed by atoms with Crippen LogP contribution in [0.2, 0.25) is 0 Å². The number of nitrogens with zero attached hydrogens (tertiary/aromatic N) is 3. The van der Waals surface area contributed by atoms with Crippen molar-refractivity contribution in [2.75, 3.05) is 37.6 Å². The zero-order valence-electron chi connectivity index (χ0n) is 11.9. The minimum Gasteiger partial charge on any atom is -0.354 e. The highest BCUT2D eigenvalue weighted by Crippen LogP contribution is 2.14. The second-order valence-electron chi connectivity index (χ2n) is 5.56. The first kappa shape index (κ1) is 13.3. The van der Waals surface area contributed by atoms with Gasteiger partial charge in [-0.05, 0) is 24.0 Å². The fourth-order valence-electron chi connectivity index (χ4n) is 2.49. The molecular formula is C15H25N3. The first-order valence-corrected chi connectivity index (χ1v) is 7.11. The van der Waals surface area contributed by atoms with E-state index in [0.717, 1.165) is 44.3 Å². The molecule has 3 nitrogen and oxygen atoms in total. The normalized spacial score (nSPS) is 17.4. The molecule has 1 aliphatic rings. The number of aromatic nitrogens is 1. The quantitative estimate of drug-likeness (QED) is 0.814. The fourth-order valence-corrected chi connectivity index (χ4v) is 2.49. The minimum absolute atomic E-state index is 0.763. The standard InChI is InChI=1S/C15H25N3/c1-4-14-5-6-15(16-11-14)18-9-7-17(8-10-18)12-13(2)3/h5-6,11,13H,4,7-10,12H2,1-3H3. The van der Waals surface area contributed by atoms with Gasteiger partial charge in [0.1, 0.15) is 5.82 Å². The summed E-state index contributed by atoms with van der Waals surface area (Å²) in [5.74, 6) is 1.90. The Morgan fingerprint density at radius 1 is 1.17 bits per heavy atom. The van der Waals surface area contributed by atoms with Crippen LogP contribution in [-0.4, -0.2) is 42.6 Å². The van der Waals surface area contributed by atoms with E-state index in [0.29, 0.717) is 0 Å². The molecule has 100 valence electrons. The number of piperazine rings is 1. The van der Waals surface area contributed by atoms with Crippen LogP contribution in [-0.2, 0) is 6.42 Å². The number of aryl methyl sites for hydroxylation is 1. The number of hydrogen-bond acceptors (Lipinski definition) is 3. The maximum absolute atomic E-state index is 4.57. The van der Waals surface area contributed by atoms with Crippen LogP contribution in [0.25, 0.3) is 0 Å². The van der Waals surface area contributed by atoms with E-state index < -0.39 is 0 Å². The maximum Gasteiger partial charge on any atom is 0.128 e. The summed E-state index contributed by atoms with van der Waals surface area (Å²) in [7, 11) is 0. The van der Waals surface area contributed by atoms with Gasteiger partial charge < -0.3 is 4.90 Å². The summed E-state index contributed by atoms with van der Waals surface area (Å²) in [4.78, 5) is 9.52. The highest BCUT2D eigenvalue weighted by molar-refractivity contribution is 5.39. The number of hydrogen-bond donors (Lipinski definition) is 0. The van der Waals surface area contributed by atoms with Gasteiger partial charge in [0.15, 0.2) is 0 Å². The highest BCUT2D eigenvalue weighted by Gasteiger charge is 2.18. The Kier molecular flexibility index (Phi) is 4.59. The average Bonchev–Trinajstić information content (AvgIpc) is 2.39. The molecule has 0 bridgehead atoms. The lowest BCUT2D eigenvalue weighted by molar-refractivity contribution is 0.231. The molecule has 3 heteroatoms. The zero-order valence-corrected chi connectivity index (χ0v) is 11.9. The molecule has 18 heavy (non-hydrogen) atoms. The molecule has 0 amide bonds. The van der Waals surface area contributed by atoms with Crippen molar-refractivity contribution < 1.29 is 0 Å². The third-order valence-electron chi connectivity index (χ3n) is 3.54. The lowest BCUT2D eigenvalue weighted by Gasteiger charge is -2.36. The summed E-state index contributed by atoms with van der Waals surface area (Å²) in [5, 5.41) is 0. The van der Waals surface area contributed by atoms with Crippen molar-refractivity contribution >= 4 is 5.82 Å². The van der Waals surface area contributed by atoms with Crippen LogP contribution in [0.3, 0.4) is 0 Å². The van der Waals surface area contributed by atoms with Gasteiger partial charge in [-0.1, -0.05) is 26.8 Å². The molecule has 0 radical (unpaired) electrons. The van der Waals surface area contributed by atoms with Crippen LogP contribution in [0.15, 0.2) is 18.3 Å². The SMILES string of the molecule is CCc1ccc(N2CCN(CC(C)C)CC2)nc1. The third kappa shape index (κ3) is 3.45. The second-order valence-corrected chi connectivity index (χ2v) is 5.56. The van der Waals surface area contributed by atoms with Crippen LogP contribution in [0, 0.1) is 5.92 Å². The molecule has 1 aromatic heterocycles. The Bertz CT molecular complexity index is 351. The lowest BCUT2D eigenvalue weighted by atomic mass is 10.2. The Hall–Kier alpha value is -1.09. The molecular weight excluding hydrogens is 222 g/mol. The molecule has 0 unspecified atom stereocenters. The van der Waals surface area contributed by atoms with Gasteiger partial charge in [0.05, 0.1) is 0 Å². The summed E-state index contributed by atoms with van der Waals surface area (Å²) in [5.41, 5.74) is 1.32. The molecule has 1 fully saturated rings. The molecule has 0 N–H and O–H groups in total. The second kappa shape index (κ2) is 6.19. The van der Waals surface area contributed by atoms with Crippen molar-refractivity contribution in [2.24, 2.45) is 5.92 Å². The molecule has 2 heterocycles. The minimum atomic E-state index is 0.763. The lowest BCUT2D eigenvalue weighted by Crippen LogP contribution is -2.47. The van der Waals surface area contributed by atoms with E-state index in [1.54, 1.807) is 0 Å². The molecule has 0 aliphatic carbocycles. The molecule has 2 rings (SSSR count). The van der Waals surface area contributed by atoms with E-state index in [9.17, 15) is 0 Å². The molecule has 0 saturated carbocycles. The molecule has 0 spiro atoms. The Balaban J connectivity index is 1.88. The van der Waals surface area contributed by atoms with Crippen molar-refractivity contribution in [1.29, 1.82) is 0 Å². The van der Waals surface area contributed by atoms with Gasteiger partial charge in [-0.25, -0.2) is 4.98 Å². The van der Waals surface area contributed by atoms with Crippen LogP contribution < -0.4 is 4.90 Å². The maximum atomic E-state index is 4.57. The van der Waals surface area contributed by atoms with E-state index in [1.165, 1.54) is 12.1 Å². The summed E-state index contributed by atoms with van der Waals surface area (Å²) in [6.07, 6.45) is 3.07. The van der Waals surface area contributed by atoms with Crippen LogP contribution >= 0.6 is 0 Å². The van der Waals surface area contributed by atoms with Gasteiger partial charge >= 0.3 is 0 Å². The van der Waals surface area contributed by atoms with Crippen molar-refractivity contribution in [3.05, 3.63) is 23.9 Å². The molecule has 1 aliphatic heterocycles. The van der Waals surface area contributed by atoms with E-state index in [2.05, 4.69) is 47.7 Å².